The number of para-hydroxylation sites is 3. The van der Waals surface area contributed by atoms with Crippen LogP contribution >= 0.6 is 11.8 Å². The van der Waals surface area contributed by atoms with Gasteiger partial charge in [0.25, 0.3) is 5.56 Å². The van der Waals surface area contributed by atoms with Gasteiger partial charge in [0.15, 0.2) is 5.16 Å². The number of rotatable bonds is 6. The van der Waals surface area contributed by atoms with E-state index in [-0.39, 0.29) is 28.5 Å². The first kappa shape index (κ1) is 23.4. The van der Waals surface area contributed by atoms with Gasteiger partial charge in [-0.3, -0.25) is 9.36 Å². The molecular formula is C27H22N4O4S. The lowest BCUT2D eigenvalue weighted by atomic mass is 10.2. The van der Waals surface area contributed by atoms with Gasteiger partial charge in [0.2, 0.25) is 0 Å². The number of aliphatic hydroxyl groups excluding tert-OH is 1. The molecule has 0 atom stereocenters. The molecule has 0 radical (unpaired) electrons. The number of ether oxygens (including phenoxy) is 1. The molecule has 180 valence electrons. The van der Waals surface area contributed by atoms with Gasteiger partial charge < -0.3 is 14.8 Å². The number of hydrogen-bond donors (Lipinski definition) is 2. The Morgan fingerprint density at radius 1 is 1.00 bits per heavy atom. The first-order chi connectivity index (χ1) is 17.5. The number of thioether (sulfide) groups is 1. The van der Waals surface area contributed by atoms with Crippen molar-refractivity contribution in [2.75, 3.05) is 12.9 Å². The Morgan fingerprint density at radius 3 is 2.42 bits per heavy atom. The number of nitrogens with one attached hydrogen (secondary N) is 1. The van der Waals surface area contributed by atoms with Crippen LogP contribution in [0, 0.1) is 6.92 Å². The van der Waals surface area contributed by atoms with Gasteiger partial charge in [0.05, 0.1) is 40.5 Å². The summed E-state index contributed by atoms with van der Waals surface area (Å²) in [6.45, 7) is 1.97. The van der Waals surface area contributed by atoms with E-state index in [1.165, 1.54) is 11.7 Å². The Hall–Kier alpha value is -4.37. The number of aryl methyl sites for hydroxylation is 1. The number of H-pyrrole nitrogens is 1. The van der Waals surface area contributed by atoms with Gasteiger partial charge in [-0.25, -0.2) is 14.8 Å². The first-order valence-electron chi connectivity index (χ1n) is 11.1. The lowest BCUT2D eigenvalue weighted by Crippen LogP contribution is -2.22. The Labute approximate surface area is 210 Å². The third-order valence-corrected chi connectivity index (χ3v) is 6.63. The fourth-order valence-electron chi connectivity index (χ4n) is 3.86. The molecule has 0 aliphatic heterocycles. The zero-order chi connectivity index (χ0) is 25.2. The van der Waals surface area contributed by atoms with Gasteiger partial charge in [0, 0.05) is 0 Å². The highest BCUT2D eigenvalue weighted by atomic mass is 32.2. The van der Waals surface area contributed by atoms with Crippen molar-refractivity contribution in [2.24, 2.45) is 0 Å². The number of hydrogen-bond acceptors (Lipinski definition) is 7. The van der Waals surface area contributed by atoms with E-state index < -0.39 is 5.97 Å². The van der Waals surface area contributed by atoms with Crippen LogP contribution in [0.3, 0.4) is 0 Å². The van der Waals surface area contributed by atoms with E-state index in [4.69, 9.17) is 9.72 Å². The van der Waals surface area contributed by atoms with Crippen LogP contribution in [0.25, 0.3) is 33.2 Å². The molecule has 36 heavy (non-hydrogen) atoms. The summed E-state index contributed by atoms with van der Waals surface area (Å²) < 4.78 is 6.43. The van der Waals surface area contributed by atoms with Gasteiger partial charge in [-0.15, -0.1) is 0 Å². The Bertz CT molecular complexity index is 1650. The number of methoxy groups -OCH3 is 1. The number of aromatic nitrogens is 4. The molecule has 8 nitrogen and oxygen atoms in total. The molecule has 0 bridgehead atoms. The number of benzene rings is 3. The topological polar surface area (TPSA) is 110 Å². The number of carbonyl (C=O) groups excluding carboxylic acids is 1. The summed E-state index contributed by atoms with van der Waals surface area (Å²) in [5, 5.41) is 11.9. The molecule has 3 aromatic carbocycles. The number of aliphatic hydroxyl groups is 1. The first-order valence-corrected chi connectivity index (χ1v) is 12.1. The van der Waals surface area contributed by atoms with Crippen molar-refractivity contribution in [3.05, 3.63) is 100 Å². The fourth-order valence-corrected chi connectivity index (χ4v) is 4.75. The van der Waals surface area contributed by atoms with Crippen molar-refractivity contribution in [1.29, 1.82) is 0 Å². The van der Waals surface area contributed by atoms with Crippen molar-refractivity contribution >= 4 is 45.2 Å². The smallest absolute Gasteiger partial charge is 0.345 e. The summed E-state index contributed by atoms with van der Waals surface area (Å²) in [4.78, 5) is 38.2. The van der Waals surface area contributed by atoms with E-state index >= 15 is 0 Å². The zero-order valence-corrected chi connectivity index (χ0v) is 20.4. The van der Waals surface area contributed by atoms with E-state index in [9.17, 15) is 14.7 Å². The van der Waals surface area contributed by atoms with Crippen molar-refractivity contribution in [2.45, 2.75) is 12.1 Å². The quantitative estimate of drug-likeness (QED) is 0.114. The second-order valence-corrected chi connectivity index (χ2v) is 9.03. The maximum absolute atomic E-state index is 13.4. The molecule has 0 saturated carbocycles. The van der Waals surface area contributed by atoms with Gasteiger partial charge in [0.1, 0.15) is 17.2 Å². The molecule has 2 heterocycles. The zero-order valence-electron chi connectivity index (χ0n) is 19.6. The minimum Gasteiger partial charge on any atom is -0.510 e. The molecule has 5 rings (SSSR count). The lowest BCUT2D eigenvalue weighted by Gasteiger charge is -2.14. The molecule has 0 spiro atoms. The van der Waals surface area contributed by atoms with Crippen LogP contribution < -0.4 is 5.56 Å². The van der Waals surface area contributed by atoms with Crippen molar-refractivity contribution < 1.29 is 14.6 Å². The van der Waals surface area contributed by atoms with E-state index in [0.717, 1.165) is 22.8 Å². The number of imidazole rings is 1. The molecular weight excluding hydrogens is 476 g/mol. The molecule has 2 N–H and O–H groups in total. The van der Waals surface area contributed by atoms with Crippen LogP contribution in [0.1, 0.15) is 11.4 Å². The van der Waals surface area contributed by atoms with Crippen LogP contribution in [0.5, 0.6) is 0 Å². The van der Waals surface area contributed by atoms with Crippen molar-refractivity contribution in [1.82, 2.24) is 19.5 Å². The maximum Gasteiger partial charge on any atom is 0.345 e. The van der Waals surface area contributed by atoms with Gasteiger partial charge in [-0.05, 0) is 43.3 Å². The normalized spacial score (nSPS) is 12.1. The monoisotopic (exact) mass is 498 g/mol. The van der Waals surface area contributed by atoms with Crippen LogP contribution in [0.2, 0.25) is 0 Å². The second-order valence-electron chi connectivity index (χ2n) is 8.09. The molecule has 0 saturated heterocycles. The maximum atomic E-state index is 13.4. The Morgan fingerprint density at radius 2 is 1.69 bits per heavy atom. The largest absolute Gasteiger partial charge is 0.510 e. The molecule has 0 aliphatic carbocycles. The molecule has 0 unspecified atom stereocenters. The standard InChI is InChI=1S/C27H22N4O4S/c1-16-11-13-17(14-12-16)31-25(33)18-7-3-4-8-19(18)30-27(31)36-15-22(32)23(26(34)35-2)24-28-20-9-5-6-10-21(20)29-24/h3-14,32H,15H2,1-2H3,(H,28,29)/b23-22+. The summed E-state index contributed by atoms with van der Waals surface area (Å²) in [7, 11) is 1.24. The average Bonchev–Trinajstić information content (AvgIpc) is 3.32. The van der Waals surface area contributed by atoms with E-state index in [1.807, 2.05) is 55.5 Å². The fraction of sp³-hybridized carbons (Fsp3) is 0.111. The second kappa shape index (κ2) is 9.71. The molecule has 0 amide bonds. The van der Waals surface area contributed by atoms with Crippen LogP contribution in [0.4, 0.5) is 0 Å². The highest BCUT2D eigenvalue weighted by Gasteiger charge is 2.23. The SMILES string of the molecule is COC(=O)/C(=C(/O)CSc1nc2ccccc2c(=O)n1-c1ccc(C)cc1)c1nc2ccccc2[nH]1. The number of nitrogens with zero attached hydrogens (tertiary/aromatic N) is 3. The van der Waals surface area contributed by atoms with Crippen molar-refractivity contribution in [3.63, 3.8) is 0 Å². The summed E-state index contributed by atoms with van der Waals surface area (Å²) in [6.07, 6.45) is 0. The highest BCUT2D eigenvalue weighted by Crippen LogP contribution is 2.27. The Balaban J connectivity index is 1.59. The molecule has 0 aliphatic rings. The number of fused-ring (bicyclic) bond motifs is 2. The van der Waals surface area contributed by atoms with Crippen LogP contribution in [-0.2, 0) is 9.53 Å². The van der Waals surface area contributed by atoms with E-state index in [0.29, 0.717) is 27.3 Å². The van der Waals surface area contributed by atoms with E-state index in [1.54, 1.807) is 24.3 Å². The average molecular weight is 499 g/mol. The highest BCUT2D eigenvalue weighted by molar-refractivity contribution is 7.99. The van der Waals surface area contributed by atoms with Gasteiger partial charge in [-0.2, -0.15) is 0 Å². The summed E-state index contributed by atoms with van der Waals surface area (Å²) in [6, 6.07) is 21.9. The van der Waals surface area contributed by atoms with Crippen LogP contribution in [0.15, 0.2) is 88.5 Å². The van der Waals surface area contributed by atoms with Gasteiger partial charge >= 0.3 is 5.97 Å². The molecule has 0 fully saturated rings. The summed E-state index contributed by atoms with van der Waals surface area (Å²) in [5.41, 5.74) is 3.33. The number of carbonyl (C=O) groups is 1. The minimum atomic E-state index is -0.727. The number of esters is 1. The number of aromatic amines is 1. The predicted molar refractivity (Wildman–Crippen MR) is 140 cm³/mol. The van der Waals surface area contributed by atoms with Crippen LogP contribution in [-0.4, -0.2) is 43.5 Å². The molecule has 9 heteroatoms. The minimum absolute atomic E-state index is 0.0435. The van der Waals surface area contributed by atoms with Gasteiger partial charge in [-0.1, -0.05) is 53.7 Å². The van der Waals surface area contributed by atoms with E-state index in [2.05, 4.69) is 9.97 Å². The predicted octanol–water partition coefficient (Wildman–Crippen LogP) is 4.80. The third-order valence-electron chi connectivity index (χ3n) is 5.68. The molecule has 2 aromatic heterocycles. The summed E-state index contributed by atoms with van der Waals surface area (Å²) in [5.74, 6) is -0.820. The lowest BCUT2D eigenvalue weighted by molar-refractivity contribution is -0.133. The Kier molecular flexibility index (Phi) is 6.30. The molecule has 5 aromatic rings. The third kappa shape index (κ3) is 4.36. The summed E-state index contributed by atoms with van der Waals surface area (Å²) >= 11 is 1.14. The van der Waals surface area contributed by atoms with Crippen molar-refractivity contribution in [3.8, 4) is 5.69 Å².